The lowest BCUT2D eigenvalue weighted by molar-refractivity contribution is 0.415. The molecule has 3 aromatic rings. The van der Waals surface area contributed by atoms with Crippen LogP contribution in [0, 0.1) is 5.92 Å². The molecule has 0 bridgehead atoms. The monoisotopic (exact) mass is 324 g/mol. The second-order valence-corrected chi connectivity index (χ2v) is 6.33. The highest BCUT2D eigenvalue weighted by atomic mass is 16.5. The van der Waals surface area contributed by atoms with Crippen molar-refractivity contribution in [1.29, 1.82) is 0 Å². The molecule has 0 saturated carbocycles. The molecule has 0 saturated heterocycles. The smallest absolute Gasteiger partial charge is 0.227 e. The molecule has 24 heavy (non-hydrogen) atoms. The molecule has 124 valence electrons. The predicted octanol–water partition coefficient (Wildman–Crippen LogP) is 3.81. The van der Waals surface area contributed by atoms with Gasteiger partial charge in [-0.15, -0.1) is 5.53 Å². The molecule has 2 heterocycles. The average Bonchev–Trinajstić information content (AvgIpc) is 3.17. The van der Waals surface area contributed by atoms with Crippen LogP contribution in [-0.4, -0.2) is 18.6 Å². The molecule has 1 aliphatic rings. The Kier molecular flexibility index (Phi) is 3.54. The zero-order valence-corrected chi connectivity index (χ0v) is 14.0. The Balaban J connectivity index is 1.68. The van der Waals surface area contributed by atoms with Crippen LogP contribution in [0.15, 0.2) is 40.8 Å². The van der Waals surface area contributed by atoms with E-state index in [4.69, 9.17) is 9.15 Å². The molecular formula is C18H20N4O2. The van der Waals surface area contributed by atoms with Crippen LogP contribution in [0.3, 0.4) is 0 Å². The first-order valence-corrected chi connectivity index (χ1v) is 8.02. The van der Waals surface area contributed by atoms with Crippen molar-refractivity contribution in [3.05, 3.63) is 36.4 Å². The van der Waals surface area contributed by atoms with E-state index in [9.17, 15) is 0 Å². The van der Waals surface area contributed by atoms with E-state index < -0.39 is 0 Å². The summed E-state index contributed by atoms with van der Waals surface area (Å²) in [5, 5.41) is 2.11. The number of hydrogen-bond donors (Lipinski definition) is 2. The molecule has 6 nitrogen and oxygen atoms in total. The predicted molar refractivity (Wildman–Crippen MR) is 94.9 cm³/mol. The van der Waals surface area contributed by atoms with Gasteiger partial charge in [-0.3, -0.25) is 5.01 Å². The number of hydrogen-bond acceptors (Lipinski definition) is 6. The van der Waals surface area contributed by atoms with E-state index in [1.54, 1.807) is 7.11 Å². The third kappa shape index (κ3) is 2.55. The minimum Gasteiger partial charge on any atom is -0.497 e. The number of ether oxygens (including phenoxy) is 1. The summed E-state index contributed by atoms with van der Waals surface area (Å²) >= 11 is 0. The number of nitrogens with zero attached hydrogens (tertiary/aromatic N) is 2. The summed E-state index contributed by atoms with van der Waals surface area (Å²) in [6.45, 7) is 5.32. The highest BCUT2D eigenvalue weighted by Crippen LogP contribution is 2.35. The molecule has 2 aromatic carbocycles. The Hall–Kier alpha value is -2.73. The summed E-state index contributed by atoms with van der Waals surface area (Å²) in [6, 6.07) is 11.8. The molecule has 0 atom stereocenters. The lowest BCUT2D eigenvalue weighted by atomic mass is 10.1. The van der Waals surface area contributed by atoms with E-state index in [0.717, 1.165) is 40.3 Å². The van der Waals surface area contributed by atoms with Gasteiger partial charge in [0.25, 0.3) is 0 Å². The van der Waals surface area contributed by atoms with Crippen LogP contribution in [0.2, 0.25) is 0 Å². The fraction of sp³-hybridized carbons (Fsp3) is 0.278. The summed E-state index contributed by atoms with van der Waals surface area (Å²) in [6.07, 6.45) is 0. The van der Waals surface area contributed by atoms with E-state index in [1.165, 1.54) is 0 Å². The first kappa shape index (κ1) is 14.8. The van der Waals surface area contributed by atoms with Gasteiger partial charge < -0.3 is 14.6 Å². The van der Waals surface area contributed by atoms with E-state index in [-0.39, 0.29) is 0 Å². The first-order valence-electron chi connectivity index (χ1n) is 8.02. The SMILES string of the molecule is COc1ccc2oc(-c3ccc4c(c3)NNN4CC(C)C)nc2c1. The average molecular weight is 324 g/mol. The molecular weight excluding hydrogens is 304 g/mol. The molecule has 0 aliphatic carbocycles. The van der Waals surface area contributed by atoms with Gasteiger partial charge in [0.15, 0.2) is 5.58 Å². The summed E-state index contributed by atoms with van der Waals surface area (Å²) in [5.41, 5.74) is 11.0. The van der Waals surface area contributed by atoms with Gasteiger partial charge in [0.2, 0.25) is 5.89 Å². The van der Waals surface area contributed by atoms with Gasteiger partial charge in [0, 0.05) is 18.2 Å². The van der Waals surface area contributed by atoms with Gasteiger partial charge >= 0.3 is 0 Å². The van der Waals surface area contributed by atoms with Crippen molar-refractivity contribution in [2.75, 3.05) is 24.1 Å². The number of rotatable bonds is 4. The van der Waals surface area contributed by atoms with Crippen molar-refractivity contribution in [2.24, 2.45) is 5.92 Å². The molecule has 0 spiro atoms. The van der Waals surface area contributed by atoms with Crippen molar-refractivity contribution in [3.63, 3.8) is 0 Å². The maximum absolute atomic E-state index is 5.88. The molecule has 0 unspecified atom stereocenters. The Morgan fingerprint density at radius 2 is 2.08 bits per heavy atom. The zero-order chi connectivity index (χ0) is 16.7. The van der Waals surface area contributed by atoms with Crippen molar-refractivity contribution in [1.82, 2.24) is 10.5 Å². The normalized spacial score (nSPS) is 13.4. The minimum absolute atomic E-state index is 0.567. The topological polar surface area (TPSA) is 62.6 Å². The number of methoxy groups -OCH3 is 1. The molecule has 1 aliphatic heterocycles. The molecule has 0 amide bonds. The van der Waals surface area contributed by atoms with Gasteiger partial charge in [0.05, 0.1) is 18.5 Å². The van der Waals surface area contributed by atoms with Crippen LogP contribution in [-0.2, 0) is 0 Å². The molecule has 1 aromatic heterocycles. The van der Waals surface area contributed by atoms with Crippen LogP contribution in [0.5, 0.6) is 5.75 Å². The lowest BCUT2D eigenvalue weighted by Crippen LogP contribution is -2.38. The number of hydrazine groups is 2. The van der Waals surface area contributed by atoms with Gasteiger partial charge in [-0.2, -0.15) is 0 Å². The fourth-order valence-corrected chi connectivity index (χ4v) is 2.86. The number of oxazole rings is 1. The molecule has 4 rings (SSSR count). The van der Waals surface area contributed by atoms with E-state index in [2.05, 4.69) is 40.9 Å². The molecule has 0 fully saturated rings. The first-order chi connectivity index (χ1) is 11.6. The van der Waals surface area contributed by atoms with Crippen LogP contribution in [0.25, 0.3) is 22.6 Å². The number of nitrogens with one attached hydrogen (secondary N) is 2. The quantitative estimate of drug-likeness (QED) is 0.761. The third-order valence-corrected chi connectivity index (χ3v) is 4.00. The van der Waals surface area contributed by atoms with Crippen molar-refractivity contribution >= 4 is 22.5 Å². The second kappa shape index (κ2) is 5.72. The van der Waals surface area contributed by atoms with Crippen LogP contribution < -0.4 is 20.7 Å². The standard InChI is InChI=1S/C18H20N4O2/c1-11(2)10-22-16-6-4-12(8-14(16)20-21-22)18-19-15-9-13(23-3)5-7-17(15)24-18/h4-9,11,20-21H,10H2,1-3H3. The molecule has 0 radical (unpaired) electrons. The highest BCUT2D eigenvalue weighted by Gasteiger charge is 2.20. The van der Waals surface area contributed by atoms with Gasteiger partial charge in [0.1, 0.15) is 11.3 Å². The van der Waals surface area contributed by atoms with Crippen molar-refractivity contribution in [3.8, 4) is 17.2 Å². The molecule has 6 heteroatoms. The van der Waals surface area contributed by atoms with Gasteiger partial charge in [-0.25, -0.2) is 4.98 Å². The minimum atomic E-state index is 0.567. The fourth-order valence-electron chi connectivity index (χ4n) is 2.86. The number of benzene rings is 2. The van der Waals surface area contributed by atoms with E-state index in [1.807, 2.05) is 30.3 Å². The number of anilines is 2. The zero-order valence-electron chi connectivity index (χ0n) is 14.0. The Morgan fingerprint density at radius 3 is 2.88 bits per heavy atom. The van der Waals surface area contributed by atoms with Crippen LogP contribution in [0.1, 0.15) is 13.8 Å². The van der Waals surface area contributed by atoms with E-state index >= 15 is 0 Å². The van der Waals surface area contributed by atoms with Crippen LogP contribution in [0.4, 0.5) is 11.4 Å². The summed E-state index contributed by atoms with van der Waals surface area (Å²) < 4.78 is 11.1. The summed E-state index contributed by atoms with van der Waals surface area (Å²) in [4.78, 5) is 4.58. The Morgan fingerprint density at radius 1 is 1.21 bits per heavy atom. The lowest BCUT2D eigenvalue weighted by Gasteiger charge is -2.19. The largest absolute Gasteiger partial charge is 0.497 e. The number of fused-ring (bicyclic) bond motifs is 2. The van der Waals surface area contributed by atoms with Crippen molar-refractivity contribution in [2.45, 2.75) is 13.8 Å². The summed E-state index contributed by atoms with van der Waals surface area (Å²) in [5.74, 6) is 1.94. The van der Waals surface area contributed by atoms with Crippen LogP contribution >= 0.6 is 0 Å². The van der Waals surface area contributed by atoms with Gasteiger partial charge in [-0.05, 0) is 36.2 Å². The Bertz CT molecular complexity index is 888. The summed E-state index contributed by atoms with van der Waals surface area (Å²) in [7, 11) is 1.64. The maximum Gasteiger partial charge on any atom is 0.227 e. The van der Waals surface area contributed by atoms with Crippen molar-refractivity contribution < 1.29 is 9.15 Å². The number of aromatic nitrogens is 1. The highest BCUT2D eigenvalue weighted by molar-refractivity contribution is 5.81. The van der Waals surface area contributed by atoms with E-state index in [0.29, 0.717) is 11.8 Å². The Labute approximate surface area is 140 Å². The second-order valence-electron chi connectivity index (χ2n) is 6.33. The molecule has 2 N–H and O–H groups in total. The van der Waals surface area contributed by atoms with Gasteiger partial charge in [-0.1, -0.05) is 13.8 Å². The third-order valence-electron chi connectivity index (χ3n) is 4.00. The maximum atomic E-state index is 5.88.